The summed E-state index contributed by atoms with van der Waals surface area (Å²) in [7, 11) is 0. The van der Waals surface area contributed by atoms with Gasteiger partial charge in [-0.05, 0) is 37.8 Å². The Labute approximate surface area is 78.9 Å². The molecule has 1 saturated heterocycles. The molecule has 1 radical (unpaired) electrons. The molecule has 2 rings (SSSR count). The van der Waals surface area contributed by atoms with Crippen molar-refractivity contribution in [3.63, 3.8) is 0 Å². The van der Waals surface area contributed by atoms with Crippen molar-refractivity contribution in [2.24, 2.45) is 0 Å². The van der Waals surface area contributed by atoms with Crippen LogP contribution in [0.3, 0.4) is 0 Å². The highest BCUT2D eigenvalue weighted by Gasteiger charge is 2.15. The van der Waals surface area contributed by atoms with Crippen LogP contribution in [0.4, 0.5) is 0 Å². The summed E-state index contributed by atoms with van der Waals surface area (Å²) >= 11 is 0. The number of nitrogens with zero attached hydrogens (tertiary/aromatic N) is 1. The standard InChI is InChI=1S/C11H14NO/c1-2-8-12-10(4-1)6-7-11-5-3-9-13-11/h1-2,4,7-8,11H,3,5-6,9H2. The van der Waals surface area contributed by atoms with E-state index in [1.165, 1.54) is 12.8 Å². The van der Waals surface area contributed by atoms with Crippen molar-refractivity contribution in [3.8, 4) is 0 Å². The molecule has 0 saturated carbocycles. The summed E-state index contributed by atoms with van der Waals surface area (Å²) in [4.78, 5) is 4.25. The summed E-state index contributed by atoms with van der Waals surface area (Å²) in [5, 5.41) is 0. The molecule has 1 aliphatic heterocycles. The van der Waals surface area contributed by atoms with Crippen LogP contribution in [-0.4, -0.2) is 17.7 Å². The van der Waals surface area contributed by atoms with Crippen LogP contribution in [0.2, 0.25) is 0 Å². The molecule has 1 fully saturated rings. The summed E-state index contributed by atoms with van der Waals surface area (Å²) < 4.78 is 5.49. The Bertz CT molecular complexity index is 242. The van der Waals surface area contributed by atoms with Crippen LogP contribution in [0, 0.1) is 6.42 Å². The molecule has 0 N–H and O–H groups in total. The zero-order valence-electron chi connectivity index (χ0n) is 7.65. The van der Waals surface area contributed by atoms with Gasteiger partial charge in [-0.3, -0.25) is 4.98 Å². The van der Waals surface area contributed by atoms with Gasteiger partial charge < -0.3 is 4.74 Å². The quantitative estimate of drug-likeness (QED) is 0.702. The first kappa shape index (κ1) is 8.70. The summed E-state index contributed by atoms with van der Waals surface area (Å²) in [5.74, 6) is 0. The predicted octanol–water partition coefficient (Wildman–Crippen LogP) is 2.01. The lowest BCUT2D eigenvalue weighted by atomic mass is 10.1. The number of rotatable bonds is 3. The maximum absolute atomic E-state index is 5.49. The topological polar surface area (TPSA) is 22.1 Å². The molecule has 2 nitrogen and oxygen atoms in total. The van der Waals surface area contributed by atoms with Gasteiger partial charge in [0.05, 0.1) is 6.10 Å². The van der Waals surface area contributed by atoms with Crippen LogP contribution >= 0.6 is 0 Å². The number of aromatic nitrogens is 1. The summed E-state index contributed by atoms with van der Waals surface area (Å²) in [6.07, 6.45) is 7.71. The van der Waals surface area contributed by atoms with Gasteiger partial charge in [0.25, 0.3) is 0 Å². The number of hydrogen-bond donors (Lipinski definition) is 0. The van der Waals surface area contributed by atoms with E-state index >= 15 is 0 Å². The van der Waals surface area contributed by atoms with Gasteiger partial charge in [-0.2, -0.15) is 0 Å². The molecule has 2 heteroatoms. The summed E-state index contributed by atoms with van der Waals surface area (Å²) in [6.45, 7) is 0.920. The fourth-order valence-electron chi connectivity index (χ4n) is 1.56. The van der Waals surface area contributed by atoms with Crippen molar-refractivity contribution in [2.45, 2.75) is 25.4 Å². The highest BCUT2D eigenvalue weighted by Crippen LogP contribution is 2.15. The molecule has 0 aliphatic carbocycles. The van der Waals surface area contributed by atoms with Crippen LogP contribution in [-0.2, 0) is 11.2 Å². The molecule has 0 bridgehead atoms. The monoisotopic (exact) mass is 176 g/mol. The molecule has 13 heavy (non-hydrogen) atoms. The lowest BCUT2D eigenvalue weighted by Gasteiger charge is -2.07. The second kappa shape index (κ2) is 4.38. The molecule has 0 spiro atoms. The van der Waals surface area contributed by atoms with Crippen LogP contribution in [0.15, 0.2) is 24.4 Å². The molecule has 1 atom stereocenters. The van der Waals surface area contributed by atoms with Crippen molar-refractivity contribution < 1.29 is 4.74 Å². The van der Waals surface area contributed by atoms with E-state index in [1.807, 2.05) is 24.4 Å². The Hall–Kier alpha value is -0.890. The number of pyridine rings is 1. The van der Waals surface area contributed by atoms with Gasteiger partial charge in [0.2, 0.25) is 0 Å². The average Bonchev–Trinajstić information content (AvgIpc) is 2.69. The molecule has 1 aromatic rings. The van der Waals surface area contributed by atoms with E-state index in [2.05, 4.69) is 11.4 Å². The fraction of sp³-hybridized carbons (Fsp3) is 0.455. The maximum atomic E-state index is 5.49. The minimum absolute atomic E-state index is 0.363. The van der Waals surface area contributed by atoms with E-state index in [0.29, 0.717) is 6.10 Å². The fourth-order valence-corrected chi connectivity index (χ4v) is 1.56. The Balaban J connectivity index is 1.79. The first-order valence-electron chi connectivity index (χ1n) is 4.80. The molecule has 69 valence electrons. The first-order chi connectivity index (χ1) is 6.45. The average molecular weight is 176 g/mol. The molecule has 0 aromatic carbocycles. The lowest BCUT2D eigenvalue weighted by molar-refractivity contribution is 0.132. The predicted molar refractivity (Wildman–Crippen MR) is 51.2 cm³/mol. The minimum Gasteiger partial charge on any atom is -0.378 e. The number of hydrogen-bond acceptors (Lipinski definition) is 2. The van der Waals surface area contributed by atoms with Gasteiger partial charge in [0.15, 0.2) is 0 Å². The number of ether oxygens (including phenoxy) is 1. The van der Waals surface area contributed by atoms with E-state index in [9.17, 15) is 0 Å². The summed E-state index contributed by atoms with van der Waals surface area (Å²) in [5.41, 5.74) is 1.12. The Morgan fingerprint density at radius 2 is 2.54 bits per heavy atom. The van der Waals surface area contributed by atoms with E-state index in [-0.39, 0.29) is 0 Å². The zero-order chi connectivity index (χ0) is 8.93. The van der Waals surface area contributed by atoms with Crippen molar-refractivity contribution in [1.82, 2.24) is 4.98 Å². The molecular formula is C11H14NO. The molecule has 1 aromatic heterocycles. The third-order valence-corrected chi connectivity index (χ3v) is 2.28. The van der Waals surface area contributed by atoms with Crippen LogP contribution < -0.4 is 0 Å². The third-order valence-electron chi connectivity index (χ3n) is 2.28. The largest absolute Gasteiger partial charge is 0.378 e. The van der Waals surface area contributed by atoms with Crippen LogP contribution in [0.1, 0.15) is 18.5 Å². The second-order valence-electron chi connectivity index (χ2n) is 3.31. The Kier molecular flexibility index (Phi) is 2.93. The van der Waals surface area contributed by atoms with Gasteiger partial charge in [-0.25, -0.2) is 0 Å². The SMILES string of the molecule is [CH](Cc1ccccn1)C1CCCO1. The van der Waals surface area contributed by atoms with Gasteiger partial charge in [0.1, 0.15) is 0 Å². The van der Waals surface area contributed by atoms with Crippen LogP contribution in [0.5, 0.6) is 0 Å². The van der Waals surface area contributed by atoms with E-state index in [0.717, 1.165) is 18.7 Å². The van der Waals surface area contributed by atoms with Gasteiger partial charge in [-0.1, -0.05) is 6.07 Å². The van der Waals surface area contributed by atoms with Crippen molar-refractivity contribution in [2.75, 3.05) is 6.61 Å². The van der Waals surface area contributed by atoms with Gasteiger partial charge in [-0.15, -0.1) is 0 Å². The molecule has 0 amide bonds. The second-order valence-corrected chi connectivity index (χ2v) is 3.31. The van der Waals surface area contributed by atoms with E-state index in [4.69, 9.17) is 4.74 Å². The van der Waals surface area contributed by atoms with Crippen LogP contribution in [0.25, 0.3) is 0 Å². The van der Waals surface area contributed by atoms with Gasteiger partial charge >= 0.3 is 0 Å². The third kappa shape index (κ3) is 2.52. The molecule has 2 heterocycles. The highest BCUT2D eigenvalue weighted by atomic mass is 16.5. The highest BCUT2D eigenvalue weighted by molar-refractivity contribution is 5.06. The zero-order valence-corrected chi connectivity index (χ0v) is 7.65. The maximum Gasteiger partial charge on any atom is 0.0611 e. The van der Waals surface area contributed by atoms with Crippen molar-refractivity contribution >= 4 is 0 Å². The molecule has 1 aliphatic rings. The minimum atomic E-state index is 0.363. The van der Waals surface area contributed by atoms with Gasteiger partial charge in [0, 0.05) is 18.5 Å². The molecular weight excluding hydrogens is 162 g/mol. The molecule has 1 unspecified atom stereocenters. The van der Waals surface area contributed by atoms with E-state index in [1.54, 1.807) is 0 Å². The summed E-state index contributed by atoms with van der Waals surface area (Å²) in [6, 6.07) is 6.01. The van der Waals surface area contributed by atoms with Crippen molar-refractivity contribution in [3.05, 3.63) is 36.5 Å². The first-order valence-corrected chi connectivity index (χ1v) is 4.80. The Morgan fingerprint density at radius 1 is 1.54 bits per heavy atom. The smallest absolute Gasteiger partial charge is 0.0611 e. The normalized spacial score (nSPS) is 22.0. The lowest BCUT2D eigenvalue weighted by Crippen LogP contribution is -2.07. The van der Waals surface area contributed by atoms with E-state index < -0.39 is 0 Å². The Morgan fingerprint density at radius 3 is 3.23 bits per heavy atom. The van der Waals surface area contributed by atoms with Crippen molar-refractivity contribution in [1.29, 1.82) is 0 Å².